The van der Waals surface area contributed by atoms with Gasteiger partial charge in [0, 0.05) is 30.5 Å². The minimum atomic E-state index is -0.300. The van der Waals surface area contributed by atoms with Gasteiger partial charge in [0.05, 0.1) is 11.1 Å². The molecule has 74 valence electrons. The number of nitrogens with zero attached hydrogens (tertiary/aromatic N) is 1. The van der Waals surface area contributed by atoms with Crippen molar-refractivity contribution in [3.8, 4) is 0 Å². The molecule has 0 aliphatic rings. The molecule has 1 atom stereocenters. The zero-order chi connectivity index (χ0) is 9.68. The average molecular weight is 201 g/mol. The Morgan fingerprint density at radius 2 is 2.38 bits per heavy atom. The lowest BCUT2D eigenvalue weighted by Gasteiger charge is -1.98. The quantitative estimate of drug-likeness (QED) is 0.747. The smallest absolute Gasteiger partial charge is 0.0928 e. The van der Waals surface area contributed by atoms with Crippen LogP contribution in [0.2, 0.25) is 0 Å². The Labute approximate surface area is 82.1 Å². The summed E-state index contributed by atoms with van der Waals surface area (Å²) in [5.41, 5.74) is 0. The lowest BCUT2D eigenvalue weighted by atomic mass is 10.3. The Bertz CT molecular complexity index is 248. The lowest BCUT2D eigenvalue weighted by molar-refractivity contribution is 0.196. The van der Waals surface area contributed by atoms with E-state index in [1.165, 1.54) is 0 Å². The SMILES string of the molecule is CC(O)Cc1cnc(CCCO)s1. The van der Waals surface area contributed by atoms with Crippen LogP contribution in [0.4, 0.5) is 0 Å². The summed E-state index contributed by atoms with van der Waals surface area (Å²) in [6.07, 6.45) is 3.79. The number of aliphatic hydroxyl groups excluding tert-OH is 2. The fourth-order valence-electron chi connectivity index (χ4n) is 1.08. The van der Waals surface area contributed by atoms with Gasteiger partial charge < -0.3 is 10.2 Å². The maximum absolute atomic E-state index is 9.13. The summed E-state index contributed by atoms with van der Waals surface area (Å²) in [5, 5.41) is 18.8. The largest absolute Gasteiger partial charge is 0.396 e. The molecule has 1 heterocycles. The number of hydrogen-bond donors (Lipinski definition) is 2. The normalized spacial score (nSPS) is 13.2. The maximum atomic E-state index is 9.13. The van der Waals surface area contributed by atoms with Crippen molar-refractivity contribution in [2.45, 2.75) is 32.3 Å². The number of aryl methyl sites for hydroxylation is 1. The highest BCUT2D eigenvalue weighted by Crippen LogP contribution is 2.16. The van der Waals surface area contributed by atoms with Gasteiger partial charge in [0.15, 0.2) is 0 Å². The Morgan fingerprint density at radius 3 is 3.00 bits per heavy atom. The molecule has 1 aromatic rings. The van der Waals surface area contributed by atoms with E-state index in [2.05, 4.69) is 4.98 Å². The fourth-order valence-corrected chi connectivity index (χ4v) is 2.16. The van der Waals surface area contributed by atoms with Crippen LogP contribution in [-0.2, 0) is 12.8 Å². The van der Waals surface area contributed by atoms with Crippen molar-refractivity contribution in [3.05, 3.63) is 16.1 Å². The number of hydrogen-bond acceptors (Lipinski definition) is 4. The first-order chi connectivity index (χ1) is 6.22. The lowest BCUT2D eigenvalue weighted by Crippen LogP contribution is -2.01. The molecule has 0 radical (unpaired) electrons. The standard InChI is InChI=1S/C9H15NO2S/c1-7(12)5-8-6-10-9(13-8)3-2-4-11/h6-7,11-12H,2-5H2,1H3. The molecule has 0 fully saturated rings. The summed E-state index contributed by atoms with van der Waals surface area (Å²) in [5.74, 6) is 0. The van der Waals surface area contributed by atoms with Gasteiger partial charge in [0.2, 0.25) is 0 Å². The Hall–Kier alpha value is -0.450. The monoisotopic (exact) mass is 201 g/mol. The summed E-state index contributed by atoms with van der Waals surface area (Å²) in [6, 6.07) is 0. The van der Waals surface area contributed by atoms with Crippen LogP contribution in [0.1, 0.15) is 23.2 Å². The molecule has 1 rings (SSSR count). The van der Waals surface area contributed by atoms with Crippen molar-refractivity contribution in [2.75, 3.05) is 6.61 Å². The molecule has 1 unspecified atom stereocenters. The molecule has 13 heavy (non-hydrogen) atoms. The number of rotatable bonds is 5. The van der Waals surface area contributed by atoms with E-state index < -0.39 is 0 Å². The molecule has 0 bridgehead atoms. The number of aromatic nitrogens is 1. The molecule has 0 aliphatic heterocycles. The van der Waals surface area contributed by atoms with Crippen LogP contribution in [0.15, 0.2) is 6.20 Å². The Balaban J connectivity index is 2.44. The molecule has 2 N–H and O–H groups in total. The Morgan fingerprint density at radius 1 is 1.62 bits per heavy atom. The second-order valence-corrected chi connectivity index (χ2v) is 4.30. The highest BCUT2D eigenvalue weighted by atomic mass is 32.1. The van der Waals surface area contributed by atoms with Crippen molar-refractivity contribution in [1.82, 2.24) is 4.98 Å². The van der Waals surface area contributed by atoms with E-state index in [0.29, 0.717) is 6.42 Å². The van der Waals surface area contributed by atoms with E-state index in [0.717, 1.165) is 22.7 Å². The zero-order valence-electron chi connectivity index (χ0n) is 7.73. The summed E-state index contributed by atoms with van der Waals surface area (Å²) in [4.78, 5) is 5.32. The third-order valence-corrected chi connectivity index (χ3v) is 2.73. The molecule has 0 amide bonds. The molecule has 0 saturated heterocycles. The van der Waals surface area contributed by atoms with Crippen LogP contribution in [0, 0.1) is 0 Å². The van der Waals surface area contributed by atoms with Gasteiger partial charge in [-0.1, -0.05) is 0 Å². The van der Waals surface area contributed by atoms with E-state index in [-0.39, 0.29) is 12.7 Å². The van der Waals surface area contributed by atoms with Crippen LogP contribution in [0.5, 0.6) is 0 Å². The van der Waals surface area contributed by atoms with Crippen molar-refractivity contribution < 1.29 is 10.2 Å². The topological polar surface area (TPSA) is 53.4 Å². The first-order valence-corrected chi connectivity index (χ1v) is 5.26. The molecule has 0 aliphatic carbocycles. The third-order valence-electron chi connectivity index (χ3n) is 1.65. The maximum Gasteiger partial charge on any atom is 0.0928 e. The van der Waals surface area contributed by atoms with Crippen LogP contribution in [-0.4, -0.2) is 27.9 Å². The molecule has 4 heteroatoms. The van der Waals surface area contributed by atoms with Crippen molar-refractivity contribution >= 4 is 11.3 Å². The molecular formula is C9H15NO2S. The minimum Gasteiger partial charge on any atom is -0.396 e. The van der Waals surface area contributed by atoms with Gasteiger partial charge in [-0.3, -0.25) is 0 Å². The van der Waals surface area contributed by atoms with Gasteiger partial charge in [-0.2, -0.15) is 0 Å². The Kier molecular flexibility index (Phi) is 4.35. The van der Waals surface area contributed by atoms with Crippen LogP contribution in [0.25, 0.3) is 0 Å². The summed E-state index contributed by atoms with van der Waals surface area (Å²) < 4.78 is 0. The predicted octanol–water partition coefficient (Wildman–Crippen LogP) is 0.991. The summed E-state index contributed by atoms with van der Waals surface area (Å²) in [7, 11) is 0. The van der Waals surface area contributed by atoms with Crippen molar-refractivity contribution in [1.29, 1.82) is 0 Å². The first kappa shape index (κ1) is 10.6. The van der Waals surface area contributed by atoms with E-state index in [4.69, 9.17) is 10.2 Å². The molecule has 0 aromatic carbocycles. The van der Waals surface area contributed by atoms with Crippen molar-refractivity contribution in [2.24, 2.45) is 0 Å². The molecule has 1 aromatic heterocycles. The van der Waals surface area contributed by atoms with Gasteiger partial charge in [-0.25, -0.2) is 4.98 Å². The van der Waals surface area contributed by atoms with Gasteiger partial charge in [0.25, 0.3) is 0 Å². The minimum absolute atomic E-state index is 0.214. The van der Waals surface area contributed by atoms with Gasteiger partial charge in [0.1, 0.15) is 0 Å². The van der Waals surface area contributed by atoms with E-state index in [1.807, 2.05) is 6.20 Å². The number of aliphatic hydroxyl groups is 2. The highest BCUT2D eigenvalue weighted by molar-refractivity contribution is 7.11. The zero-order valence-corrected chi connectivity index (χ0v) is 8.55. The second kappa shape index (κ2) is 5.32. The van der Waals surface area contributed by atoms with Gasteiger partial charge in [-0.05, 0) is 13.3 Å². The molecule has 3 nitrogen and oxygen atoms in total. The van der Waals surface area contributed by atoms with Crippen molar-refractivity contribution in [3.63, 3.8) is 0 Å². The average Bonchev–Trinajstić information content (AvgIpc) is 2.48. The molecule has 0 spiro atoms. The summed E-state index contributed by atoms with van der Waals surface area (Å²) in [6.45, 7) is 1.98. The third kappa shape index (κ3) is 3.85. The second-order valence-electron chi connectivity index (χ2n) is 3.10. The van der Waals surface area contributed by atoms with Crippen LogP contribution in [0.3, 0.4) is 0 Å². The van der Waals surface area contributed by atoms with E-state index >= 15 is 0 Å². The highest BCUT2D eigenvalue weighted by Gasteiger charge is 2.04. The fraction of sp³-hybridized carbons (Fsp3) is 0.667. The molecular weight excluding hydrogens is 186 g/mol. The van der Waals surface area contributed by atoms with E-state index in [1.54, 1.807) is 18.3 Å². The van der Waals surface area contributed by atoms with Crippen LogP contribution < -0.4 is 0 Å². The van der Waals surface area contributed by atoms with E-state index in [9.17, 15) is 0 Å². The number of thiazole rings is 1. The van der Waals surface area contributed by atoms with Gasteiger partial charge >= 0.3 is 0 Å². The van der Waals surface area contributed by atoms with Crippen LogP contribution >= 0.6 is 11.3 Å². The van der Waals surface area contributed by atoms with Gasteiger partial charge in [-0.15, -0.1) is 11.3 Å². The predicted molar refractivity (Wildman–Crippen MR) is 52.9 cm³/mol. The summed E-state index contributed by atoms with van der Waals surface area (Å²) >= 11 is 1.62. The molecule has 0 saturated carbocycles. The first-order valence-electron chi connectivity index (χ1n) is 4.45.